The molecule has 0 spiro atoms. The first-order valence-corrected chi connectivity index (χ1v) is 8.01. The molecule has 1 aromatic carbocycles. The Balaban J connectivity index is 3.25. The fourth-order valence-corrected chi connectivity index (χ4v) is 3.02. The van der Waals surface area contributed by atoms with E-state index in [4.69, 9.17) is 9.79 Å². The van der Waals surface area contributed by atoms with E-state index in [0.717, 1.165) is 6.07 Å². The van der Waals surface area contributed by atoms with Crippen molar-refractivity contribution in [3.8, 4) is 5.75 Å². The molecule has 120 valence electrons. The van der Waals surface area contributed by atoms with E-state index < -0.39 is 46.9 Å². The lowest BCUT2D eigenvalue weighted by Crippen LogP contribution is -2.20. The summed E-state index contributed by atoms with van der Waals surface area (Å²) in [5.74, 6) is -3.06. The molecule has 0 bridgehead atoms. The summed E-state index contributed by atoms with van der Waals surface area (Å²) < 4.78 is 90.6. The quantitative estimate of drug-likeness (QED) is 0.469. The number of hydrogen-bond donors (Lipinski definition) is 2. The highest BCUT2D eigenvalue weighted by molar-refractivity contribution is 7.87. The predicted octanol–water partition coefficient (Wildman–Crippen LogP) is 1.56. The van der Waals surface area contributed by atoms with Gasteiger partial charge in [-0.25, -0.2) is 4.39 Å². The third-order valence-electron chi connectivity index (χ3n) is 1.78. The van der Waals surface area contributed by atoms with Gasteiger partial charge in [0.2, 0.25) is 0 Å². The Bertz CT molecular complexity index is 666. The fourth-order valence-electron chi connectivity index (χ4n) is 1.13. The van der Waals surface area contributed by atoms with Gasteiger partial charge in [0.15, 0.2) is 17.0 Å². The molecule has 1 rings (SSSR count). The lowest BCUT2D eigenvalue weighted by molar-refractivity contribution is -0.275. The largest absolute Gasteiger partial charge is 0.573 e. The Morgan fingerprint density at radius 2 is 1.81 bits per heavy atom. The molecule has 0 atom stereocenters. The molecule has 0 aliphatic heterocycles. The zero-order chi connectivity index (χ0) is 16.5. The number of benzene rings is 1. The van der Waals surface area contributed by atoms with Crippen molar-refractivity contribution in [2.45, 2.75) is 11.3 Å². The topological polar surface area (TPSA) is 110 Å². The summed E-state index contributed by atoms with van der Waals surface area (Å²) >= 11 is 0. The summed E-state index contributed by atoms with van der Waals surface area (Å²) in [5.41, 5.74) is 0. The molecule has 1 aromatic rings. The van der Waals surface area contributed by atoms with E-state index in [1.54, 1.807) is 0 Å². The van der Waals surface area contributed by atoms with Gasteiger partial charge in [0, 0.05) is 0 Å². The summed E-state index contributed by atoms with van der Waals surface area (Å²) in [6, 6.07) is 1.76. The van der Waals surface area contributed by atoms with Crippen molar-refractivity contribution in [1.29, 1.82) is 0 Å². The molecule has 21 heavy (non-hydrogen) atoms. The Hall–Kier alpha value is -1.20. The molecule has 0 aromatic heterocycles. The fraction of sp³-hybridized carbons (Fsp3) is 0.250. The number of hydrogen-bond acceptors (Lipinski definition) is 5. The first-order valence-electron chi connectivity index (χ1n) is 4.80. The molecule has 0 fully saturated rings. The van der Waals surface area contributed by atoms with Gasteiger partial charge in [-0.2, -0.15) is 8.42 Å². The molecule has 0 radical (unpaired) electrons. The third kappa shape index (κ3) is 5.59. The molecular formula is C8H7F4O7PS. The van der Waals surface area contributed by atoms with Gasteiger partial charge in [0.05, 0.1) is 0 Å². The molecular weight excluding hydrogens is 347 g/mol. The van der Waals surface area contributed by atoms with Gasteiger partial charge < -0.3 is 14.5 Å². The second-order valence-corrected chi connectivity index (χ2v) is 6.62. The van der Waals surface area contributed by atoms with Crippen LogP contribution in [-0.2, 0) is 18.9 Å². The maximum Gasteiger partial charge on any atom is 0.573 e. The van der Waals surface area contributed by atoms with Crippen LogP contribution in [0.15, 0.2) is 23.1 Å². The van der Waals surface area contributed by atoms with Crippen LogP contribution in [0.1, 0.15) is 0 Å². The van der Waals surface area contributed by atoms with E-state index >= 15 is 0 Å². The smallest absolute Gasteiger partial charge is 0.404 e. The van der Waals surface area contributed by atoms with Crippen molar-refractivity contribution in [2.24, 2.45) is 0 Å². The zero-order valence-electron chi connectivity index (χ0n) is 9.74. The molecule has 0 saturated heterocycles. The highest BCUT2D eigenvalue weighted by Gasteiger charge is 2.36. The Morgan fingerprint density at radius 1 is 1.24 bits per heavy atom. The molecule has 13 heteroatoms. The highest BCUT2D eigenvalue weighted by atomic mass is 32.2. The van der Waals surface area contributed by atoms with Crippen molar-refractivity contribution >= 4 is 17.7 Å². The monoisotopic (exact) mass is 354 g/mol. The summed E-state index contributed by atoms with van der Waals surface area (Å²) in [6.45, 7) is 0. The van der Waals surface area contributed by atoms with Gasteiger partial charge in [-0.05, 0) is 12.1 Å². The summed E-state index contributed by atoms with van der Waals surface area (Å²) in [5, 5.41) is 0. The molecule has 7 nitrogen and oxygen atoms in total. The van der Waals surface area contributed by atoms with Crippen LogP contribution in [0.5, 0.6) is 5.75 Å². The lowest BCUT2D eigenvalue weighted by atomic mass is 10.3. The normalized spacial score (nSPS) is 13.2. The van der Waals surface area contributed by atoms with E-state index in [1.807, 2.05) is 0 Å². The SMILES string of the molecule is O=P(O)(O)COS(=O)(=O)c1c(F)cccc1OC(F)(F)F. The van der Waals surface area contributed by atoms with Crippen LogP contribution in [0.25, 0.3) is 0 Å². The first kappa shape index (κ1) is 17.9. The van der Waals surface area contributed by atoms with Crippen molar-refractivity contribution in [3.05, 3.63) is 24.0 Å². The zero-order valence-corrected chi connectivity index (χ0v) is 11.5. The van der Waals surface area contributed by atoms with Crippen LogP contribution < -0.4 is 4.74 Å². The van der Waals surface area contributed by atoms with E-state index in [-0.39, 0.29) is 0 Å². The van der Waals surface area contributed by atoms with Crippen LogP contribution >= 0.6 is 7.60 Å². The number of ether oxygens (including phenoxy) is 1. The molecule has 0 saturated carbocycles. The van der Waals surface area contributed by atoms with Gasteiger partial charge in [-0.1, -0.05) is 6.07 Å². The van der Waals surface area contributed by atoms with Crippen LogP contribution in [0, 0.1) is 5.82 Å². The van der Waals surface area contributed by atoms with Crippen molar-refractivity contribution in [2.75, 3.05) is 6.35 Å². The molecule has 0 aliphatic rings. The van der Waals surface area contributed by atoms with E-state index in [2.05, 4.69) is 8.92 Å². The number of alkyl halides is 3. The van der Waals surface area contributed by atoms with Crippen LogP contribution in [0.4, 0.5) is 17.6 Å². The summed E-state index contributed by atoms with van der Waals surface area (Å²) in [4.78, 5) is 15.3. The molecule has 0 amide bonds. The van der Waals surface area contributed by atoms with Crippen LogP contribution in [-0.4, -0.2) is 30.9 Å². The van der Waals surface area contributed by atoms with E-state index in [9.17, 15) is 30.5 Å². The van der Waals surface area contributed by atoms with Crippen molar-refractivity contribution in [1.82, 2.24) is 0 Å². The second kappa shape index (κ2) is 5.89. The van der Waals surface area contributed by atoms with Gasteiger partial charge in [0.25, 0.3) is 0 Å². The van der Waals surface area contributed by atoms with Crippen molar-refractivity contribution < 1.29 is 49.3 Å². The summed E-state index contributed by atoms with van der Waals surface area (Å²) in [7, 11) is -10.2. The Kier molecular flexibility index (Phi) is 5.01. The van der Waals surface area contributed by atoms with Gasteiger partial charge >= 0.3 is 24.1 Å². The standard InChI is InChI=1S/C8H7F4O7PS/c9-5-2-1-3-6(19-8(10,11)12)7(5)21(16,17)18-4-20(13,14)15/h1-3H,4H2,(H2,13,14,15). The number of rotatable bonds is 5. The average molecular weight is 354 g/mol. The van der Waals surface area contributed by atoms with Crippen molar-refractivity contribution in [3.63, 3.8) is 0 Å². The second-order valence-electron chi connectivity index (χ2n) is 3.48. The van der Waals surface area contributed by atoms with Gasteiger partial charge in [0.1, 0.15) is 5.82 Å². The lowest BCUT2D eigenvalue weighted by Gasteiger charge is -2.14. The molecule has 0 heterocycles. The maximum absolute atomic E-state index is 13.4. The van der Waals surface area contributed by atoms with Gasteiger partial charge in [-0.3, -0.25) is 8.75 Å². The van der Waals surface area contributed by atoms with E-state index in [1.165, 1.54) is 0 Å². The number of halogens is 4. The highest BCUT2D eigenvalue weighted by Crippen LogP contribution is 2.38. The molecule has 0 aliphatic carbocycles. The van der Waals surface area contributed by atoms with E-state index in [0.29, 0.717) is 12.1 Å². The molecule has 0 unspecified atom stereocenters. The first-order chi connectivity index (χ1) is 9.32. The van der Waals surface area contributed by atoms with Gasteiger partial charge in [-0.15, -0.1) is 13.2 Å². The third-order valence-corrected chi connectivity index (χ3v) is 3.75. The minimum atomic E-state index is -5.30. The predicted molar refractivity (Wildman–Crippen MR) is 58.3 cm³/mol. The average Bonchev–Trinajstić information content (AvgIpc) is 2.23. The Morgan fingerprint density at radius 3 is 2.29 bits per heavy atom. The van der Waals surface area contributed by atoms with Crippen LogP contribution in [0.2, 0.25) is 0 Å². The minimum absolute atomic E-state index is 0.504. The van der Waals surface area contributed by atoms with Crippen LogP contribution in [0.3, 0.4) is 0 Å². The minimum Gasteiger partial charge on any atom is -0.404 e. The molecule has 2 N–H and O–H groups in total. The summed E-state index contributed by atoms with van der Waals surface area (Å²) in [6.07, 6.45) is -6.96. The maximum atomic E-state index is 13.4. The Labute approximate surface area is 115 Å².